The molecule has 33 heavy (non-hydrogen) atoms. The van der Waals surface area contributed by atoms with Crippen LogP contribution in [0.2, 0.25) is 10.0 Å². The van der Waals surface area contributed by atoms with Crippen molar-refractivity contribution in [2.45, 2.75) is 53.3 Å². The lowest BCUT2D eigenvalue weighted by Crippen LogP contribution is -2.35. The Labute approximate surface area is 209 Å². The highest BCUT2D eigenvalue weighted by Gasteiger charge is 2.35. The van der Waals surface area contributed by atoms with Crippen molar-refractivity contribution in [3.05, 3.63) is 62.5 Å². The number of carbonyl (C=O) groups excluding carboxylic acids is 1. The number of rotatable bonds is 8. The van der Waals surface area contributed by atoms with Gasteiger partial charge in [0.15, 0.2) is 16.7 Å². The molecule has 1 aliphatic rings. The van der Waals surface area contributed by atoms with Gasteiger partial charge in [-0.3, -0.25) is 14.7 Å². The summed E-state index contributed by atoms with van der Waals surface area (Å²) in [5.41, 5.74) is 1.60. The number of hydrogen-bond donors (Lipinski definition) is 0. The number of halogens is 2. The molecule has 0 aliphatic carbocycles. The fourth-order valence-electron chi connectivity index (χ4n) is 3.24. The lowest BCUT2D eigenvalue weighted by molar-refractivity contribution is -0.123. The molecule has 2 aromatic rings. The van der Waals surface area contributed by atoms with Gasteiger partial charge in [-0.05, 0) is 76.2 Å². The summed E-state index contributed by atoms with van der Waals surface area (Å²) < 4.78 is 11.8. The van der Waals surface area contributed by atoms with Crippen molar-refractivity contribution in [1.82, 2.24) is 4.90 Å². The van der Waals surface area contributed by atoms with Crippen LogP contribution in [0.1, 0.15) is 45.7 Å². The Morgan fingerprint density at radius 3 is 2.45 bits per heavy atom. The third-order valence-corrected chi connectivity index (χ3v) is 6.33. The van der Waals surface area contributed by atoms with E-state index in [4.69, 9.17) is 32.7 Å². The van der Waals surface area contributed by atoms with Gasteiger partial charge in [0.1, 0.15) is 6.61 Å². The predicted octanol–water partition coefficient (Wildman–Crippen LogP) is 7.06. The summed E-state index contributed by atoms with van der Waals surface area (Å²) in [5, 5.41) is 1.73. The van der Waals surface area contributed by atoms with Crippen molar-refractivity contribution >= 4 is 52.1 Å². The molecule has 1 heterocycles. The third kappa shape index (κ3) is 6.25. The number of carbonyl (C=O) groups is 1. The maximum absolute atomic E-state index is 13.1. The number of nitrogens with zero attached hydrogens (tertiary/aromatic N) is 2. The lowest BCUT2D eigenvalue weighted by atomic mass is 10.1. The van der Waals surface area contributed by atoms with Crippen LogP contribution in [-0.4, -0.2) is 34.7 Å². The first-order valence-corrected chi connectivity index (χ1v) is 12.4. The minimum absolute atomic E-state index is 0.0107. The molecule has 2 aromatic carbocycles. The van der Waals surface area contributed by atoms with Crippen molar-refractivity contribution in [2.75, 3.05) is 6.61 Å². The Morgan fingerprint density at radius 1 is 1.09 bits per heavy atom. The van der Waals surface area contributed by atoms with Gasteiger partial charge >= 0.3 is 0 Å². The summed E-state index contributed by atoms with van der Waals surface area (Å²) in [6, 6.07) is 11.2. The number of amides is 1. The SMILES string of the molecule is CCOc1cc(/C=C2/SC(=NC(C)C)N(C(C)C)C2=O)cc(Cl)c1OCc1ccccc1Cl. The Bertz CT molecular complexity index is 1080. The molecular formula is C25H28Cl2N2O3S. The van der Waals surface area contributed by atoms with E-state index >= 15 is 0 Å². The molecule has 1 fully saturated rings. The highest BCUT2D eigenvalue weighted by Crippen LogP contribution is 2.40. The van der Waals surface area contributed by atoms with Gasteiger partial charge in [0, 0.05) is 22.7 Å². The highest BCUT2D eigenvalue weighted by atomic mass is 35.5. The number of aliphatic imine (C=N–C) groups is 1. The molecule has 0 saturated carbocycles. The van der Waals surface area contributed by atoms with Crippen LogP contribution < -0.4 is 9.47 Å². The van der Waals surface area contributed by atoms with Crippen molar-refractivity contribution in [1.29, 1.82) is 0 Å². The molecular weight excluding hydrogens is 479 g/mol. The molecule has 1 aliphatic heterocycles. The Hall–Kier alpha value is -2.15. The molecule has 0 atom stereocenters. The van der Waals surface area contributed by atoms with Crippen molar-refractivity contribution in [2.24, 2.45) is 4.99 Å². The summed E-state index contributed by atoms with van der Waals surface area (Å²) in [6.07, 6.45) is 1.82. The Kier molecular flexibility index (Phi) is 8.74. The Morgan fingerprint density at radius 2 is 1.82 bits per heavy atom. The van der Waals surface area contributed by atoms with Gasteiger partial charge in [0.05, 0.1) is 16.5 Å². The zero-order valence-corrected chi connectivity index (χ0v) is 21.7. The summed E-state index contributed by atoms with van der Waals surface area (Å²) in [6.45, 7) is 10.5. The molecule has 3 rings (SSSR count). The largest absolute Gasteiger partial charge is 0.490 e. The molecule has 0 spiro atoms. The normalized spacial score (nSPS) is 16.5. The van der Waals surface area contributed by atoms with E-state index in [0.717, 1.165) is 11.1 Å². The molecule has 8 heteroatoms. The van der Waals surface area contributed by atoms with Crippen LogP contribution in [-0.2, 0) is 11.4 Å². The number of thioether (sulfide) groups is 1. The fourth-order valence-corrected chi connectivity index (χ4v) is 4.94. The fraction of sp³-hybridized carbons (Fsp3) is 0.360. The zero-order valence-electron chi connectivity index (χ0n) is 19.4. The van der Waals surface area contributed by atoms with Crippen LogP contribution in [0.3, 0.4) is 0 Å². The van der Waals surface area contributed by atoms with Gasteiger partial charge < -0.3 is 9.47 Å². The van der Waals surface area contributed by atoms with Gasteiger partial charge in [0.25, 0.3) is 5.91 Å². The van der Waals surface area contributed by atoms with Crippen molar-refractivity contribution < 1.29 is 14.3 Å². The average molecular weight is 507 g/mol. The highest BCUT2D eigenvalue weighted by molar-refractivity contribution is 8.18. The summed E-state index contributed by atoms with van der Waals surface area (Å²) in [5.74, 6) is 0.885. The van der Waals surface area contributed by atoms with Crippen molar-refractivity contribution in [3.63, 3.8) is 0 Å². The maximum atomic E-state index is 13.1. The first-order valence-electron chi connectivity index (χ1n) is 10.8. The van der Waals surface area contributed by atoms with E-state index in [1.54, 1.807) is 11.0 Å². The topological polar surface area (TPSA) is 51.1 Å². The van der Waals surface area contributed by atoms with Crippen LogP contribution in [0.4, 0.5) is 0 Å². The van der Waals surface area contributed by atoms with Crippen molar-refractivity contribution in [3.8, 4) is 11.5 Å². The molecule has 0 radical (unpaired) electrons. The van der Waals surface area contributed by atoms with E-state index in [1.165, 1.54) is 11.8 Å². The number of ether oxygens (including phenoxy) is 2. The summed E-state index contributed by atoms with van der Waals surface area (Å²) >= 11 is 14.2. The van der Waals surface area contributed by atoms with Crippen LogP contribution in [0.25, 0.3) is 6.08 Å². The van der Waals surface area contributed by atoms with E-state index in [0.29, 0.717) is 38.2 Å². The minimum atomic E-state index is -0.0671. The van der Waals surface area contributed by atoms with Gasteiger partial charge in [0.2, 0.25) is 0 Å². The van der Waals surface area contributed by atoms with Crippen LogP contribution in [0.5, 0.6) is 11.5 Å². The van der Waals surface area contributed by atoms with Crippen LogP contribution in [0.15, 0.2) is 46.3 Å². The minimum Gasteiger partial charge on any atom is -0.490 e. The second-order valence-electron chi connectivity index (χ2n) is 8.03. The number of amidine groups is 1. The zero-order chi connectivity index (χ0) is 24.1. The van der Waals surface area contributed by atoms with Crippen LogP contribution >= 0.6 is 35.0 Å². The van der Waals surface area contributed by atoms with Gasteiger partial charge in [-0.25, -0.2) is 0 Å². The lowest BCUT2D eigenvalue weighted by Gasteiger charge is -2.20. The van der Waals surface area contributed by atoms with Crippen LogP contribution in [0, 0.1) is 0 Å². The number of benzene rings is 2. The molecule has 0 N–H and O–H groups in total. The molecule has 0 bridgehead atoms. The van der Waals surface area contributed by atoms with Gasteiger partial charge in [-0.1, -0.05) is 41.4 Å². The first kappa shape index (κ1) is 25.5. The monoisotopic (exact) mass is 506 g/mol. The molecule has 0 unspecified atom stereocenters. The van der Waals surface area contributed by atoms with Gasteiger partial charge in [-0.15, -0.1) is 0 Å². The van der Waals surface area contributed by atoms with E-state index < -0.39 is 0 Å². The second kappa shape index (κ2) is 11.3. The molecule has 5 nitrogen and oxygen atoms in total. The predicted molar refractivity (Wildman–Crippen MR) is 139 cm³/mol. The third-order valence-electron chi connectivity index (χ3n) is 4.68. The standard InChI is InChI=1S/C25H28Cl2N2O3S/c1-6-31-21-12-17(11-20(27)23(21)32-14-18-9-7-8-10-19(18)26)13-22-24(30)29(16(4)5)25(33-22)28-15(2)3/h7-13,15-16H,6,14H2,1-5H3/b22-13+,28-25?. The average Bonchev–Trinajstić information content (AvgIpc) is 3.03. The van der Waals surface area contributed by atoms with E-state index in [-0.39, 0.29) is 24.6 Å². The van der Waals surface area contributed by atoms with E-state index in [1.807, 2.05) is 71.0 Å². The smallest absolute Gasteiger partial charge is 0.266 e. The quantitative estimate of drug-likeness (QED) is 0.359. The van der Waals surface area contributed by atoms with E-state index in [9.17, 15) is 4.79 Å². The molecule has 176 valence electrons. The molecule has 1 amide bonds. The summed E-state index contributed by atoms with van der Waals surface area (Å²) in [4.78, 5) is 20.0. The van der Waals surface area contributed by atoms with E-state index in [2.05, 4.69) is 4.99 Å². The summed E-state index contributed by atoms with van der Waals surface area (Å²) in [7, 11) is 0. The molecule has 0 aromatic heterocycles. The second-order valence-corrected chi connectivity index (χ2v) is 9.85. The maximum Gasteiger partial charge on any atom is 0.266 e. The number of hydrogen-bond acceptors (Lipinski definition) is 5. The Balaban J connectivity index is 1.92. The van der Waals surface area contributed by atoms with Gasteiger partial charge in [-0.2, -0.15) is 0 Å². The first-order chi connectivity index (χ1) is 15.7. The molecule has 1 saturated heterocycles.